The minimum Gasteiger partial charge on any atom is -0.239 e. The second-order valence-corrected chi connectivity index (χ2v) is 4.42. The quantitative estimate of drug-likeness (QED) is 0.665. The van der Waals surface area contributed by atoms with Gasteiger partial charge in [0.25, 0.3) is 0 Å². The van der Waals surface area contributed by atoms with E-state index in [0.717, 1.165) is 23.1 Å². The van der Waals surface area contributed by atoms with E-state index < -0.39 is 5.67 Å². The van der Waals surface area contributed by atoms with Gasteiger partial charge in [0.15, 0.2) is 0 Å². The van der Waals surface area contributed by atoms with Crippen molar-refractivity contribution in [1.82, 2.24) is 0 Å². The average Bonchev–Trinajstić information content (AvgIpc) is 2.06. The van der Waals surface area contributed by atoms with Gasteiger partial charge in [-0.05, 0) is 50.8 Å². The van der Waals surface area contributed by atoms with Crippen LogP contribution < -0.4 is 0 Å². The molecule has 78 valence electrons. The molecule has 1 rings (SSSR count). The predicted octanol–water partition coefficient (Wildman–Crippen LogP) is 4.07. The van der Waals surface area contributed by atoms with Crippen LogP contribution in [0.25, 0.3) is 0 Å². The minimum absolute atomic E-state index is 0.828. The topological polar surface area (TPSA) is 0 Å². The first-order valence-electron chi connectivity index (χ1n) is 5.15. The van der Waals surface area contributed by atoms with Crippen LogP contribution in [0.4, 0.5) is 4.39 Å². The highest BCUT2D eigenvalue weighted by Gasteiger charge is 2.22. The van der Waals surface area contributed by atoms with Gasteiger partial charge in [-0.3, -0.25) is 0 Å². The second-order valence-electron chi connectivity index (χ2n) is 4.42. The van der Waals surface area contributed by atoms with Crippen molar-refractivity contribution in [2.45, 2.75) is 46.7 Å². The van der Waals surface area contributed by atoms with Gasteiger partial charge in [0, 0.05) is 0 Å². The lowest BCUT2D eigenvalue weighted by Gasteiger charge is -2.20. The Hall–Kier alpha value is -0.850. The SMILES string of the molecule is CCc1cc(C)cc(C(C)(C)F)c1C. The van der Waals surface area contributed by atoms with E-state index in [0.29, 0.717) is 0 Å². The van der Waals surface area contributed by atoms with Gasteiger partial charge in [-0.25, -0.2) is 4.39 Å². The molecule has 0 N–H and O–H groups in total. The highest BCUT2D eigenvalue weighted by molar-refractivity contribution is 5.40. The summed E-state index contributed by atoms with van der Waals surface area (Å²) in [6, 6.07) is 4.10. The molecule has 0 saturated carbocycles. The molecule has 0 aliphatic carbocycles. The maximum absolute atomic E-state index is 13.9. The van der Waals surface area contributed by atoms with Crippen molar-refractivity contribution in [1.29, 1.82) is 0 Å². The van der Waals surface area contributed by atoms with Crippen molar-refractivity contribution in [2.24, 2.45) is 0 Å². The van der Waals surface area contributed by atoms with E-state index in [1.165, 1.54) is 5.56 Å². The fourth-order valence-electron chi connectivity index (χ4n) is 1.92. The average molecular weight is 194 g/mol. The summed E-state index contributed by atoms with van der Waals surface area (Å²) in [6.07, 6.45) is 0.969. The molecule has 0 saturated heterocycles. The lowest BCUT2D eigenvalue weighted by Crippen LogP contribution is -2.12. The molecule has 0 aliphatic heterocycles. The molecule has 0 heterocycles. The molecule has 0 aromatic heterocycles. The van der Waals surface area contributed by atoms with Crippen LogP contribution in [0.1, 0.15) is 43.0 Å². The van der Waals surface area contributed by atoms with Gasteiger partial charge in [0.2, 0.25) is 0 Å². The van der Waals surface area contributed by atoms with Crippen LogP contribution in [0.3, 0.4) is 0 Å². The van der Waals surface area contributed by atoms with Crippen LogP contribution in [0.15, 0.2) is 12.1 Å². The Morgan fingerprint density at radius 3 is 2.21 bits per heavy atom. The Bertz CT molecular complexity index is 332. The molecule has 0 unspecified atom stereocenters. The molecule has 0 bridgehead atoms. The third-order valence-electron chi connectivity index (χ3n) is 2.68. The fourth-order valence-corrected chi connectivity index (χ4v) is 1.92. The van der Waals surface area contributed by atoms with Gasteiger partial charge >= 0.3 is 0 Å². The van der Waals surface area contributed by atoms with Crippen LogP contribution in [0.2, 0.25) is 0 Å². The highest BCUT2D eigenvalue weighted by atomic mass is 19.1. The molecule has 0 fully saturated rings. The van der Waals surface area contributed by atoms with E-state index in [2.05, 4.69) is 13.0 Å². The summed E-state index contributed by atoms with van der Waals surface area (Å²) in [4.78, 5) is 0. The number of rotatable bonds is 2. The van der Waals surface area contributed by atoms with E-state index >= 15 is 0 Å². The van der Waals surface area contributed by atoms with E-state index in [-0.39, 0.29) is 0 Å². The lowest BCUT2D eigenvalue weighted by atomic mass is 9.89. The molecule has 0 spiro atoms. The number of halogens is 1. The first kappa shape index (κ1) is 11.2. The lowest BCUT2D eigenvalue weighted by molar-refractivity contribution is 0.220. The fraction of sp³-hybridized carbons (Fsp3) is 0.538. The molecule has 0 atom stereocenters. The first-order chi connectivity index (χ1) is 6.36. The molecular weight excluding hydrogens is 175 g/mol. The summed E-state index contributed by atoms with van der Waals surface area (Å²) in [5, 5.41) is 0. The van der Waals surface area contributed by atoms with E-state index in [1.54, 1.807) is 13.8 Å². The van der Waals surface area contributed by atoms with Gasteiger partial charge in [0.05, 0.1) is 0 Å². The highest BCUT2D eigenvalue weighted by Crippen LogP contribution is 2.30. The van der Waals surface area contributed by atoms with E-state index in [9.17, 15) is 4.39 Å². The molecule has 0 nitrogen and oxygen atoms in total. The minimum atomic E-state index is -1.24. The summed E-state index contributed by atoms with van der Waals surface area (Å²) in [7, 11) is 0. The molecule has 0 aliphatic rings. The Balaban J connectivity index is 3.37. The molecule has 14 heavy (non-hydrogen) atoms. The maximum Gasteiger partial charge on any atom is 0.130 e. The number of hydrogen-bond acceptors (Lipinski definition) is 0. The van der Waals surface area contributed by atoms with Gasteiger partial charge in [-0.15, -0.1) is 0 Å². The summed E-state index contributed by atoms with van der Waals surface area (Å²) in [6.45, 7) is 9.38. The summed E-state index contributed by atoms with van der Waals surface area (Å²) in [5.41, 5.74) is 3.10. The van der Waals surface area contributed by atoms with Crippen molar-refractivity contribution in [3.8, 4) is 0 Å². The molecule has 0 radical (unpaired) electrons. The first-order valence-corrected chi connectivity index (χ1v) is 5.15. The van der Waals surface area contributed by atoms with Crippen LogP contribution in [-0.4, -0.2) is 0 Å². The molecule has 1 aromatic rings. The van der Waals surface area contributed by atoms with E-state index in [1.807, 2.05) is 19.9 Å². The third-order valence-corrected chi connectivity index (χ3v) is 2.68. The second kappa shape index (κ2) is 3.72. The number of hydrogen-bond donors (Lipinski definition) is 0. The summed E-state index contributed by atoms with van der Waals surface area (Å²) >= 11 is 0. The van der Waals surface area contributed by atoms with Gasteiger partial charge in [-0.1, -0.05) is 24.6 Å². The molecular formula is C13H19F. The zero-order chi connectivity index (χ0) is 10.9. The maximum atomic E-state index is 13.9. The van der Waals surface area contributed by atoms with Crippen LogP contribution in [0.5, 0.6) is 0 Å². The Morgan fingerprint density at radius 2 is 1.79 bits per heavy atom. The normalized spacial score (nSPS) is 11.9. The smallest absolute Gasteiger partial charge is 0.130 e. The van der Waals surface area contributed by atoms with Gasteiger partial charge < -0.3 is 0 Å². The largest absolute Gasteiger partial charge is 0.239 e. The Kier molecular flexibility index (Phi) is 2.98. The van der Waals surface area contributed by atoms with Crippen LogP contribution >= 0.6 is 0 Å². The van der Waals surface area contributed by atoms with Crippen molar-refractivity contribution < 1.29 is 4.39 Å². The molecule has 1 aromatic carbocycles. The van der Waals surface area contributed by atoms with E-state index in [4.69, 9.17) is 0 Å². The zero-order valence-corrected chi connectivity index (χ0v) is 9.74. The van der Waals surface area contributed by atoms with Crippen molar-refractivity contribution >= 4 is 0 Å². The number of alkyl halides is 1. The third kappa shape index (κ3) is 2.14. The zero-order valence-electron chi connectivity index (χ0n) is 9.74. The predicted molar refractivity (Wildman–Crippen MR) is 59.4 cm³/mol. The van der Waals surface area contributed by atoms with Crippen molar-refractivity contribution in [3.63, 3.8) is 0 Å². The Morgan fingerprint density at radius 1 is 1.21 bits per heavy atom. The Labute approximate surface area is 86.2 Å². The number of aryl methyl sites for hydroxylation is 2. The van der Waals surface area contributed by atoms with Crippen molar-refractivity contribution in [2.75, 3.05) is 0 Å². The van der Waals surface area contributed by atoms with Crippen LogP contribution in [0, 0.1) is 13.8 Å². The monoisotopic (exact) mass is 194 g/mol. The standard InChI is InChI=1S/C13H19F/c1-6-11-7-9(2)8-12(10(11)3)13(4,5)14/h7-8H,6H2,1-5H3. The van der Waals surface area contributed by atoms with Crippen molar-refractivity contribution in [3.05, 3.63) is 34.4 Å². The van der Waals surface area contributed by atoms with Crippen LogP contribution in [-0.2, 0) is 12.1 Å². The molecule has 1 heteroatoms. The van der Waals surface area contributed by atoms with Gasteiger partial charge in [0.1, 0.15) is 5.67 Å². The molecule has 0 amide bonds. The number of benzene rings is 1. The van der Waals surface area contributed by atoms with Gasteiger partial charge in [-0.2, -0.15) is 0 Å². The summed E-state index contributed by atoms with van der Waals surface area (Å²) in [5.74, 6) is 0. The summed E-state index contributed by atoms with van der Waals surface area (Å²) < 4.78 is 13.9.